The van der Waals surface area contributed by atoms with Crippen LogP contribution in [0.3, 0.4) is 0 Å². The number of carbonyl (C=O) groups excluding carboxylic acids is 7. The fraction of sp³-hybridized carbons (Fsp3) is 0. The summed E-state index contributed by atoms with van der Waals surface area (Å²) in [5.74, 6) is -43.9. The van der Waals surface area contributed by atoms with Gasteiger partial charge in [-0.3, -0.25) is 9.59 Å². The summed E-state index contributed by atoms with van der Waals surface area (Å²) in [4.78, 5) is 102. The number of carbonyl (C=O) groups is 7. The lowest BCUT2D eigenvalue weighted by molar-refractivity contribution is 0.0389. The molecule has 7 aromatic carbocycles. The van der Waals surface area contributed by atoms with Crippen molar-refractivity contribution in [1.29, 1.82) is 0 Å². The van der Waals surface area contributed by atoms with Crippen LogP contribution in [-0.2, 0) is 4.74 Å². The van der Waals surface area contributed by atoms with E-state index in [-0.39, 0.29) is 0 Å². The van der Waals surface area contributed by atoms with E-state index in [1.165, 1.54) is 0 Å². The molecule has 0 unspecified atom stereocenters. The normalized spacial score (nSPS) is 10.8. The Labute approximate surface area is 428 Å². The summed E-state index contributed by atoms with van der Waals surface area (Å²) in [5.41, 5.74) is -12.4. The Kier molecular flexibility index (Phi) is 13.8. The molecule has 0 aliphatic rings. The maximum atomic E-state index is 15.3. The van der Waals surface area contributed by atoms with E-state index in [9.17, 15) is 111 Å². The van der Waals surface area contributed by atoms with E-state index in [0.717, 1.165) is 0 Å². The first-order valence-electron chi connectivity index (χ1n) is 20.8. The zero-order valence-electron chi connectivity index (χ0n) is 38.0. The monoisotopic (exact) mass is 1080 g/mol. The van der Waals surface area contributed by atoms with Crippen molar-refractivity contribution in [1.82, 2.24) is 0 Å². The summed E-state index contributed by atoms with van der Waals surface area (Å²) in [7, 11) is 0. The predicted octanol–water partition coefficient (Wildman–Crippen LogP) is 3.50. The van der Waals surface area contributed by atoms with Crippen molar-refractivity contribution >= 4 is 41.4 Å². The first-order chi connectivity index (χ1) is 36.5. The number of phenols is 18. The third-order valence-corrected chi connectivity index (χ3v) is 10.7. The minimum absolute atomic E-state index is 0.296. The van der Waals surface area contributed by atoms with Gasteiger partial charge >= 0.3 is 29.8 Å². The zero-order chi connectivity index (χ0) is 57.7. The van der Waals surface area contributed by atoms with Crippen molar-refractivity contribution in [3.63, 3.8) is 0 Å². The summed E-state index contributed by atoms with van der Waals surface area (Å²) in [6.45, 7) is 0. The summed E-state index contributed by atoms with van der Waals surface area (Å²) in [6, 6.07) is 4.03. The van der Waals surface area contributed by atoms with Gasteiger partial charge in [-0.1, -0.05) is 0 Å². The molecule has 0 radical (unpaired) electrons. The average molecular weight is 1080 g/mol. The first-order valence-corrected chi connectivity index (χ1v) is 20.8. The molecule has 7 rings (SSSR count). The second-order valence-electron chi connectivity index (χ2n) is 15.8. The number of hydrogen-bond donors (Lipinski definition) is 18. The molecule has 400 valence electrons. The molecule has 18 N–H and O–H groups in total. The number of hydrogen-bond acceptors (Lipinski definition) is 29. The SMILES string of the molecule is O=C(OC(=O)c1c(C(=O)c2cc(O)c(O)c(O)c2)c(OC(=O)c2cc(O)c(O)c(O)c2)c(OC(=O)c2cc(O)c(O)c(O)c2)c(OC(=O)c2cc(O)c(O)c(O)c2)c1C(=O)c1cc(O)c(O)c(O)c1)c1cc(O)c(O)c(O)c1. The smallest absolute Gasteiger partial charge is 0.347 e. The van der Waals surface area contributed by atoms with Crippen LogP contribution in [0.15, 0.2) is 72.8 Å². The minimum Gasteiger partial charge on any atom is -0.504 e. The Morgan fingerprint density at radius 3 is 0.654 bits per heavy atom. The van der Waals surface area contributed by atoms with Gasteiger partial charge in [-0.15, -0.1) is 0 Å². The molecule has 0 heterocycles. The molecule has 0 saturated heterocycles. The second-order valence-corrected chi connectivity index (χ2v) is 15.8. The fourth-order valence-corrected chi connectivity index (χ4v) is 6.90. The average Bonchev–Trinajstić information content (AvgIpc) is 3.46. The Balaban J connectivity index is 1.73. The zero-order valence-corrected chi connectivity index (χ0v) is 38.0. The number of phenolic OH excluding ortho intramolecular Hbond substituents is 18. The van der Waals surface area contributed by atoms with Crippen LogP contribution < -0.4 is 14.2 Å². The third kappa shape index (κ3) is 9.86. The van der Waals surface area contributed by atoms with Crippen molar-refractivity contribution in [2.45, 2.75) is 0 Å². The van der Waals surface area contributed by atoms with Crippen molar-refractivity contribution in [3.8, 4) is 121 Å². The molecule has 0 bridgehead atoms. The first kappa shape index (κ1) is 53.6. The number of aromatic hydroxyl groups is 18. The highest BCUT2D eigenvalue weighted by Crippen LogP contribution is 2.51. The molecule has 0 saturated carbocycles. The highest BCUT2D eigenvalue weighted by atomic mass is 16.6. The number of ketones is 2. The topological polar surface area (TPSA) is 521 Å². The summed E-state index contributed by atoms with van der Waals surface area (Å²) in [5, 5.41) is 185. The molecule has 78 heavy (non-hydrogen) atoms. The standard InChI is InChI=1S/C49H30O29/c50-19-1-13(2-20(51)36(19)64)34(62)32-31(49(74)78-48(73)18-11-29(60)41(69)30(61)12-18)33(35(63)14-3-21(52)37(65)22(53)4-14)43(76-46(71)16-7-25(56)39(67)26(57)8-16)44(77-47(72)17-9-27(58)40(68)28(59)10-17)42(32)75-45(70)15-5-23(54)38(66)24(55)6-15/h1-12,50-61,64-69H. The van der Waals surface area contributed by atoms with Gasteiger partial charge < -0.3 is 111 Å². The Hall–Kier alpha value is -12.2. The van der Waals surface area contributed by atoms with Crippen molar-refractivity contribution < 1.29 is 144 Å². The van der Waals surface area contributed by atoms with Crippen molar-refractivity contribution in [3.05, 3.63) is 123 Å². The largest absolute Gasteiger partial charge is 0.504 e. The molecule has 0 spiro atoms. The summed E-state index contributed by atoms with van der Waals surface area (Å²) >= 11 is 0. The highest BCUT2D eigenvalue weighted by Gasteiger charge is 2.42. The quantitative estimate of drug-likeness (QED) is 0.0274. The number of ether oxygens (including phenoxy) is 4. The predicted molar refractivity (Wildman–Crippen MR) is 247 cm³/mol. The van der Waals surface area contributed by atoms with Crippen LogP contribution >= 0.6 is 0 Å². The lowest BCUT2D eigenvalue weighted by atomic mass is 9.88. The number of esters is 5. The lowest BCUT2D eigenvalue weighted by Crippen LogP contribution is -2.26. The molecule has 7 aromatic rings. The summed E-state index contributed by atoms with van der Waals surface area (Å²) < 4.78 is 21.4. The molecule has 0 amide bonds. The maximum absolute atomic E-state index is 15.3. The molecule has 0 aliphatic heterocycles. The van der Waals surface area contributed by atoms with E-state index in [1.54, 1.807) is 0 Å². The molecule has 0 fully saturated rings. The van der Waals surface area contributed by atoms with Crippen LogP contribution in [0.4, 0.5) is 0 Å². The van der Waals surface area contributed by atoms with Gasteiger partial charge in [0.2, 0.25) is 5.75 Å². The van der Waals surface area contributed by atoms with Gasteiger partial charge in [-0.25, -0.2) is 24.0 Å². The Morgan fingerprint density at radius 2 is 0.423 bits per heavy atom. The summed E-state index contributed by atoms with van der Waals surface area (Å²) in [6.07, 6.45) is 0. The van der Waals surface area contributed by atoms with E-state index >= 15 is 14.4 Å². The molecule has 0 atom stereocenters. The van der Waals surface area contributed by atoms with Gasteiger partial charge in [0.25, 0.3) is 0 Å². The minimum atomic E-state index is -2.45. The van der Waals surface area contributed by atoms with Gasteiger partial charge in [0.05, 0.1) is 38.9 Å². The van der Waals surface area contributed by atoms with Gasteiger partial charge in [0.15, 0.2) is 127 Å². The van der Waals surface area contributed by atoms with E-state index in [4.69, 9.17) is 18.9 Å². The van der Waals surface area contributed by atoms with Crippen LogP contribution in [0, 0.1) is 0 Å². The second kappa shape index (κ2) is 20.0. The van der Waals surface area contributed by atoms with E-state index < -0.39 is 212 Å². The number of rotatable bonds is 12. The van der Waals surface area contributed by atoms with Crippen molar-refractivity contribution in [2.24, 2.45) is 0 Å². The van der Waals surface area contributed by atoms with Crippen LogP contribution in [0.2, 0.25) is 0 Å². The third-order valence-electron chi connectivity index (χ3n) is 10.7. The Morgan fingerprint density at radius 1 is 0.231 bits per heavy atom. The highest BCUT2D eigenvalue weighted by molar-refractivity contribution is 6.26. The molecule has 0 aliphatic carbocycles. The van der Waals surface area contributed by atoms with Gasteiger partial charge in [0, 0.05) is 11.1 Å². The van der Waals surface area contributed by atoms with Gasteiger partial charge in [-0.05, 0) is 72.8 Å². The molecular formula is C49H30O29. The molecule has 29 heteroatoms. The van der Waals surface area contributed by atoms with Crippen LogP contribution in [0.25, 0.3) is 0 Å². The molecular weight excluding hydrogens is 1050 g/mol. The van der Waals surface area contributed by atoms with Crippen LogP contribution in [-0.4, -0.2) is 133 Å². The lowest BCUT2D eigenvalue weighted by Gasteiger charge is -2.23. The van der Waals surface area contributed by atoms with E-state index in [2.05, 4.69) is 0 Å². The van der Waals surface area contributed by atoms with E-state index in [1.807, 2.05) is 0 Å². The maximum Gasteiger partial charge on any atom is 0.347 e. The van der Waals surface area contributed by atoms with Crippen LogP contribution in [0.5, 0.6) is 121 Å². The van der Waals surface area contributed by atoms with Crippen LogP contribution in [0.1, 0.15) is 83.6 Å². The van der Waals surface area contributed by atoms with Gasteiger partial charge in [-0.2, -0.15) is 0 Å². The van der Waals surface area contributed by atoms with Gasteiger partial charge in [0.1, 0.15) is 0 Å². The number of benzene rings is 7. The fourth-order valence-electron chi connectivity index (χ4n) is 6.90. The Bertz CT molecular complexity index is 3510. The molecule has 0 aromatic heterocycles. The van der Waals surface area contributed by atoms with Crippen molar-refractivity contribution in [2.75, 3.05) is 0 Å². The van der Waals surface area contributed by atoms with E-state index in [0.29, 0.717) is 72.8 Å². The molecule has 29 nitrogen and oxygen atoms in total.